The average Bonchev–Trinajstić information content (AvgIpc) is 2.94. The van der Waals surface area contributed by atoms with Crippen molar-refractivity contribution in [2.24, 2.45) is 0 Å². The highest BCUT2D eigenvalue weighted by atomic mass is 16.8. The third-order valence-electron chi connectivity index (χ3n) is 4.61. The number of nitrogens with one attached hydrogen (secondary N) is 1. The summed E-state index contributed by atoms with van der Waals surface area (Å²) in [5, 5.41) is 12.1. The summed E-state index contributed by atoms with van der Waals surface area (Å²) in [4.78, 5) is 23.3. The molecule has 1 amide bonds. The van der Waals surface area contributed by atoms with Gasteiger partial charge in [-0.15, -0.1) is 0 Å². The first-order valence-electron chi connectivity index (χ1n) is 8.67. The van der Waals surface area contributed by atoms with E-state index in [1.54, 1.807) is 6.08 Å². The van der Waals surface area contributed by atoms with Crippen LogP contribution in [0.5, 0.6) is 0 Å². The largest absolute Gasteiger partial charge is 0.478 e. The molecule has 1 aliphatic carbocycles. The van der Waals surface area contributed by atoms with Crippen LogP contribution >= 0.6 is 0 Å². The summed E-state index contributed by atoms with van der Waals surface area (Å²) >= 11 is 0. The molecule has 2 rings (SSSR count). The number of aliphatic carboxylic acids is 1. The molecule has 1 heterocycles. The number of amides is 1. The monoisotopic (exact) mass is 341 g/mol. The van der Waals surface area contributed by atoms with Crippen LogP contribution < -0.4 is 5.32 Å². The predicted octanol–water partition coefficient (Wildman–Crippen LogP) is 2.60. The van der Waals surface area contributed by atoms with Crippen LogP contribution in [0, 0.1) is 0 Å². The summed E-state index contributed by atoms with van der Waals surface area (Å²) < 4.78 is 17.2. The Morgan fingerprint density at radius 2 is 2.04 bits per heavy atom. The van der Waals surface area contributed by atoms with Gasteiger partial charge >= 0.3 is 12.1 Å². The Bertz CT molecular complexity index is 499. The molecular formula is C17H27NO6. The molecule has 0 saturated carbocycles. The Hall–Kier alpha value is -1.60. The first-order valence-corrected chi connectivity index (χ1v) is 8.67. The van der Waals surface area contributed by atoms with Crippen molar-refractivity contribution in [1.82, 2.24) is 5.32 Å². The number of fused-ring (bicyclic) bond motifs is 1. The number of hydrogen-bond donors (Lipinski definition) is 2. The smallest absolute Gasteiger partial charge is 0.407 e. The van der Waals surface area contributed by atoms with Crippen LogP contribution in [0.1, 0.15) is 52.9 Å². The third kappa shape index (κ3) is 4.08. The van der Waals surface area contributed by atoms with Gasteiger partial charge < -0.3 is 24.6 Å². The summed E-state index contributed by atoms with van der Waals surface area (Å²) in [6, 6.07) is -0.486. The molecule has 0 aromatic carbocycles. The van der Waals surface area contributed by atoms with Gasteiger partial charge in [-0.3, -0.25) is 0 Å². The van der Waals surface area contributed by atoms with Gasteiger partial charge in [0.05, 0.1) is 12.6 Å². The minimum Gasteiger partial charge on any atom is -0.478 e. The lowest BCUT2D eigenvalue weighted by Gasteiger charge is -2.30. The second-order valence-electron chi connectivity index (χ2n) is 6.22. The first kappa shape index (κ1) is 18.7. The third-order valence-corrected chi connectivity index (χ3v) is 4.61. The lowest BCUT2D eigenvalue weighted by molar-refractivity contribution is -0.177. The number of carbonyl (C=O) groups excluding carboxylic acids is 1. The summed E-state index contributed by atoms with van der Waals surface area (Å²) in [7, 11) is 0. The number of unbranched alkanes of at least 4 members (excludes halogenated alkanes) is 1. The number of alkyl carbamates (subject to hydrolysis) is 1. The highest BCUT2D eigenvalue weighted by molar-refractivity contribution is 5.87. The second-order valence-corrected chi connectivity index (χ2v) is 6.22. The highest BCUT2D eigenvalue weighted by Gasteiger charge is 2.50. The van der Waals surface area contributed by atoms with Gasteiger partial charge in [0.1, 0.15) is 12.2 Å². The topological polar surface area (TPSA) is 94.1 Å². The zero-order valence-corrected chi connectivity index (χ0v) is 14.5. The van der Waals surface area contributed by atoms with Crippen molar-refractivity contribution < 1.29 is 28.9 Å². The van der Waals surface area contributed by atoms with Gasteiger partial charge in [0.25, 0.3) is 0 Å². The van der Waals surface area contributed by atoms with Crippen molar-refractivity contribution in [3.05, 3.63) is 11.6 Å². The van der Waals surface area contributed by atoms with E-state index in [1.807, 2.05) is 20.8 Å². The standard InChI is InChI=1S/C17H27NO6/c1-4-7-8-22-16(21)18-12-9-11(15(19)20)10-13-14(12)24-17(5-2,6-3)23-13/h10,12-14H,4-9H2,1-3H3,(H,18,21)(H,19,20). The molecule has 1 saturated heterocycles. The number of carbonyl (C=O) groups is 2. The maximum atomic E-state index is 12.0. The molecule has 1 aliphatic heterocycles. The molecule has 3 unspecified atom stereocenters. The van der Waals surface area contributed by atoms with Crippen molar-refractivity contribution in [3.8, 4) is 0 Å². The van der Waals surface area contributed by atoms with Crippen molar-refractivity contribution in [2.45, 2.75) is 76.9 Å². The Labute approximate surface area is 142 Å². The Morgan fingerprint density at radius 3 is 2.62 bits per heavy atom. The van der Waals surface area contributed by atoms with Gasteiger partial charge in [-0.1, -0.05) is 27.2 Å². The Balaban J connectivity index is 2.11. The zero-order chi connectivity index (χ0) is 17.7. The predicted molar refractivity (Wildman–Crippen MR) is 86.6 cm³/mol. The van der Waals surface area contributed by atoms with E-state index in [9.17, 15) is 14.7 Å². The summed E-state index contributed by atoms with van der Waals surface area (Å²) in [6.45, 7) is 6.28. The number of carboxylic acids is 1. The molecule has 24 heavy (non-hydrogen) atoms. The minimum atomic E-state index is -1.01. The molecule has 0 spiro atoms. The van der Waals surface area contributed by atoms with Crippen LogP contribution in [-0.2, 0) is 19.0 Å². The van der Waals surface area contributed by atoms with Crippen LogP contribution in [0.2, 0.25) is 0 Å². The molecule has 0 bridgehead atoms. The van der Waals surface area contributed by atoms with E-state index in [2.05, 4.69) is 5.32 Å². The molecule has 0 aromatic heterocycles. The fourth-order valence-electron chi connectivity index (χ4n) is 3.09. The molecule has 0 aromatic rings. The molecule has 7 nitrogen and oxygen atoms in total. The van der Waals surface area contributed by atoms with Crippen molar-refractivity contribution in [3.63, 3.8) is 0 Å². The van der Waals surface area contributed by atoms with E-state index in [1.165, 1.54) is 0 Å². The Morgan fingerprint density at radius 1 is 1.33 bits per heavy atom. The fraction of sp³-hybridized carbons (Fsp3) is 0.765. The summed E-state index contributed by atoms with van der Waals surface area (Å²) in [5.41, 5.74) is 0.224. The van der Waals surface area contributed by atoms with Gasteiger partial charge in [0.2, 0.25) is 0 Å². The summed E-state index contributed by atoms with van der Waals surface area (Å²) in [6.07, 6.45) is 3.37. The Kier molecular flexibility index (Phi) is 6.23. The van der Waals surface area contributed by atoms with Gasteiger partial charge in [0.15, 0.2) is 5.79 Å². The molecule has 0 radical (unpaired) electrons. The molecule has 136 valence electrons. The minimum absolute atomic E-state index is 0.187. The van der Waals surface area contributed by atoms with Gasteiger partial charge in [0, 0.05) is 12.0 Å². The van der Waals surface area contributed by atoms with E-state index in [4.69, 9.17) is 14.2 Å². The first-order chi connectivity index (χ1) is 11.4. The van der Waals surface area contributed by atoms with E-state index in [0.29, 0.717) is 19.4 Å². The number of ether oxygens (including phenoxy) is 3. The van der Waals surface area contributed by atoms with Crippen LogP contribution in [0.25, 0.3) is 0 Å². The zero-order valence-electron chi connectivity index (χ0n) is 14.5. The maximum Gasteiger partial charge on any atom is 0.407 e. The van der Waals surface area contributed by atoms with E-state index in [0.717, 1.165) is 12.8 Å². The van der Waals surface area contributed by atoms with Crippen LogP contribution in [-0.4, -0.2) is 47.8 Å². The molecule has 2 N–H and O–H groups in total. The number of rotatable bonds is 7. The average molecular weight is 341 g/mol. The van der Waals surface area contributed by atoms with Crippen LogP contribution in [0.3, 0.4) is 0 Å². The van der Waals surface area contributed by atoms with Crippen LogP contribution in [0.4, 0.5) is 4.79 Å². The van der Waals surface area contributed by atoms with E-state index in [-0.39, 0.29) is 12.0 Å². The van der Waals surface area contributed by atoms with E-state index >= 15 is 0 Å². The quantitative estimate of drug-likeness (QED) is 0.691. The number of carboxylic acid groups (broad SMARTS) is 1. The fourth-order valence-corrected chi connectivity index (χ4v) is 3.09. The maximum absolute atomic E-state index is 12.0. The highest BCUT2D eigenvalue weighted by Crippen LogP contribution is 2.40. The SMILES string of the molecule is CCCCOC(=O)NC1CC(C(=O)O)=CC2OC(CC)(CC)OC12. The lowest BCUT2D eigenvalue weighted by atomic mass is 9.90. The van der Waals surface area contributed by atoms with Crippen LogP contribution in [0.15, 0.2) is 11.6 Å². The number of hydrogen-bond acceptors (Lipinski definition) is 5. The lowest BCUT2D eigenvalue weighted by Crippen LogP contribution is -2.50. The second kappa shape index (κ2) is 7.98. The van der Waals surface area contributed by atoms with Crippen molar-refractivity contribution in [2.75, 3.05) is 6.61 Å². The van der Waals surface area contributed by atoms with Gasteiger partial charge in [-0.05, 0) is 25.3 Å². The molecule has 2 aliphatic rings. The molecule has 1 fully saturated rings. The van der Waals surface area contributed by atoms with Crippen molar-refractivity contribution >= 4 is 12.1 Å². The van der Waals surface area contributed by atoms with Gasteiger partial charge in [-0.2, -0.15) is 0 Å². The normalized spacial score (nSPS) is 28.0. The molecule has 7 heteroatoms. The van der Waals surface area contributed by atoms with E-state index < -0.39 is 36.1 Å². The summed E-state index contributed by atoms with van der Waals surface area (Å²) in [5.74, 6) is -1.74. The molecule has 3 atom stereocenters. The molecular weight excluding hydrogens is 314 g/mol. The van der Waals surface area contributed by atoms with Crippen molar-refractivity contribution in [1.29, 1.82) is 0 Å². The van der Waals surface area contributed by atoms with Gasteiger partial charge in [-0.25, -0.2) is 9.59 Å².